The van der Waals surface area contributed by atoms with Crippen LogP contribution in [0.3, 0.4) is 0 Å². The second-order valence-corrected chi connectivity index (χ2v) is 9.10. The molecule has 1 atom stereocenters. The maximum atomic E-state index is 14.4. The van der Waals surface area contributed by atoms with Crippen molar-refractivity contribution in [2.24, 2.45) is 17.1 Å². The van der Waals surface area contributed by atoms with Crippen LogP contribution in [0.1, 0.15) is 79.6 Å². The number of halogens is 1. The third kappa shape index (κ3) is 7.15. The summed E-state index contributed by atoms with van der Waals surface area (Å²) in [7, 11) is 1.50. The first-order chi connectivity index (χ1) is 13.3. The van der Waals surface area contributed by atoms with Crippen LogP contribution < -0.4 is 5.73 Å². The number of hydrogen-bond acceptors (Lipinski definition) is 2. The molecule has 0 bridgehead atoms. The van der Waals surface area contributed by atoms with Gasteiger partial charge in [0.2, 0.25) is 0 Å². The zero-order valence-corrected chi connectivity index (χ0v) is 19.4. The lowest BCUT2D eigenvalue weighted by Crippen LogP contribution is -2.40. The molecule has 2 aliphatic rings. The molecule has 0 spiro atoms. The van der Waals surface area contributed by atoms with E-state index in [0.717, 1.165) is 25.1 Å². The smallest absolute Gasteiger partial charge is 0.130 e. The first-order valence-corrected chi connectivity index (χ1v) is 11.4. The largest absolute Gasteiger partial charge is 0.333 e. The predicted molar refractivity (Wildman–Crippen MR) is 122 cm³/mol. The Labute approximate surface area is 174 Å². The van der Waals surface area contributed by atoms with Gasteiger partial charge in [-0.15, -0.1) is 0 Å². The fourth-order valence-electron chi connectivity index (χ4n) is 4.78. The van der Waals surface area contributed by atoms with E-state index in [2.05, 4.69) is 49.6 Å². The van der Waals surface area contributed by atoms with Gasteiger partial charge in [-0.2, -0.15) is 0 Å². The van der Waals surface area contributed by atoms with E-state index in [1.165, 1.54) is 57.7 Å². The number of alkyl halides is 1. The van der Waals surface area contributed by atoms with Gasteiger partial charge in [-0.05, 0) is 76.6 Å². The Morgan fingerprint density at radius 2 is 1.82 bits per heavy atom. The normalized spacial score (nSPS) is 20.6. The molecule has 0 aromatic carbocycles. The molecular weight excluding hydrogens is 347 g/mol. The summed E-state index contributed by atoms with van der Waals surface area (Å²) in [6, 6.07) is 0. The Morgan fingerprint density at radius 1 is 1.18 bits per heavy atom. The molecular formula is C25H45FN2. The van der Waals surface area contributed by atoms with Crippen LogP contribution in [0.25, 0.3) is 0 Å². The highest BCUT2D eigenvalue weighted by Crippen LogP contribution is 2.46. The summed E-state index contributed by atoms with van der Waals surface area (Å²) in [6.45, 7) is 13.8. The van der Waals surface area contributed by atoms with Crippen LogP contribution in [0, 0.1) is 11.3 Å². The summed E-state index contributed by atoms with van der Waals surface area (Å²) in [4.78, 5) is 2.61. The van der Waals surface area contributed by atoms with Crippen molar-refractivity contribution in [3.8, 4) is 0 Å². The Bertz CT molecular complexity index is 533. The average Bonchev–Trinajstić information content (AvgIpc) is 2.93. The van der Waals surface area contributed by atoms with Crippen molar-refractivity contribution in [2.75, 3.05) is 26.7 Å². The molecule has 1 fully saturated rings. The van der Waals surface area contributed by atoms with E-state index in [9.17, 15) is 4.39 Å². The summed E-state index contributed by atoms with van der Waals surface area (Å²) in [5, 5.41) is 0. The second kappa shape index (κ2) is 11.9. The van der Waals surface area contributed by atoms with Crippen LogP contribution in [0.4, 0.5) is 4.39 Å². The first-order valence-electron chi connectivity index (χ1n) is 11.4. The van der Waals surface area contributed by atoms with E-state index in [1.807, 2.05) is 6.08 Å². The molecule has 1 saturated carbocycles. The van der Waals surface area contributed by atoms with E-state index in [1.54, 1.807) is 13.8 Å². The van der Waals surface area contributed by atoms with Crippen molar-refractivity contribution < 1.29 is 4.39 Å². The fraction of sp³-hybridized carbons (Fsp3) is 0.760. The molecule has 0 saturated heterocycles. The minimum Gasteiger partial charge on any atom is -0.333 e. The monoisotopic (exact) mass is 392 g/mol. The minimum absolute atomic E-state index is 0.378. The highest BCUT2D eigenvalue weighted by Gasteiger charge is 2.38. The second-order valence-electron chi connectivity index (χ2n) is 9.10. The SMILES string of the molecule is CCCN(CC)CC(C1=CC=CC(C(C)(C)F)=CC1)C1(C)CCCCC1.CN. The topological polar surface area (TPSA) is 29.3 Å². The standard InChI is InChI=1S/C24H40FN.CH5N/c1-6-18-26(7-2)19-22(24(5)16-9-8-10-17-24)20-12-11-13-21(15-14-20)23(3,4)25;1-2/h11-13,15,22H,6-10,14,16-19H2,1-5H3;2H2,1H3. The average molecular weight is 393 g/mol. The van der Waals surface area contributed by atoms with Gasteiger partial charge in [-0.25, -0.2) is 4.39 Å². The highest BCUT2D eigenvalue weighted by molar-refractivity contribution is 5.36. The maximum Gasteiger partial charge on any atom is 0.130 e. The van der Waals surface area contributed by atoms with Gasteiger partial charge < -0.3 is 10.6 Å². The van der Waals surface area contributed by atoms with Gasteiger partial charge >= 0.3 is 0 Å². The van der Waals surface area contributed by atoms with Crippen LogP contribution >= 0.6 is 0 Å². The van der Waals surface area contributed by atoms with Gasteiger partial charge in [0, 0.05) is 6.54 Å². The van der Waals surface area contributed by atoms with Crippen molar-refractivity contribution in [1.29, 1.82) is 0 Å². The quantitative estimate of drug-likeness (QED) is 0.515. The van der Waals surface area contributed by atoms with Gasteiger partial charge in [0.25, 0.3) is 0 Å². The zero-order chi connectivity index (χ0) is 21.2. The summed E-state index contributed by atoms with van der Waals surface area (Å²) < 4.78 is 14.4. The van der Waals surface area contributed by atoms with Crippen molar-refractivity contribution >= 4 is 0 Å². The van der Waals surface area contributed by atoms with Crippen LogP contribution in [0.5, 0.6) is 0 Å². The minimum atomic E-state index is -1.26. The first kappa shape index (κ1) is 25.1. The molecule has 1 unspecified atom stereocenters. The number of hydrogen-bond donors (Lipinski definition) is 1. The molecule has 2 nitrogen and oxygen atoms in total. The Morgan fingerprint density at radius 3 is 2.36 bits per heavy atom. The number of nitrogens with two attached hydrogens (primary N) is 1. The Balaban J connectivity index is 0.00000190. The lowest BCUT2D eigenvalue weighted by atomic mass is 9.64. The summed E-state index contributed by atoms with van der Waals surface area (Å²) in [5.41, 5.74) is 5.93. The predicted octanol–water partition coefficient (Wildman–Crippen LogP) is 6.44. The Hall–Kier alpha value is -0.930. The van der Waals surface area contributed by atoms with Crippen LogP contribution in [0.2, 0.25) is 0 Å². The molecule has 0 aromatic heterocycles. The molecule has 0 aromatic rings. The zero-order valence-electron chi connectivity index (χ0n) is 19.4. The molecule has 3 heteroatoms. The molecule has 0 heterocycles. The molecule has 2 aliphatic carbocycles. The molecule has 0 amide bonds. The van der Waals surface area contributed by atoms with Crippen molar-refractivity contribution in [2.45, 2.75) is 85.2 Å². The van der Waals surface area contributed by atoms with Crippen molar-refractivity contribution in [3.05, 3.63) is 35.5 Å². The lowest BCUT2D eigenvalue weighted by Gasteiger charge is -2.44. The van der Waals surface area contributed by atoms with E-state index in [0.29, 0.717) is 11.3 Å². The van der Waals surface area contributed by atoms with Crippen molar-refractivity contribution in [1.82, 2.24) is 4.90 Å². The van der Waals surface area contributed by atoms with E-state index < -0.39 is 5.67 Å². The van der Waals surface area contributed by atoms with Crippen molar-refractivity contribution in [3.63, 3.8) is 0 Å². The lowest BCUT2D eigenvalue weighted by molar-refractivity contribution is 0.102. The number of allylic oxidation sites excluding steroid dienone is 5. The number of nitrogens with zero attached hydrogens (tertiary/aromatic N) is 1. The van der Waals surface area contributed by atoms with Gasteiger partial charge in [0.1, 0.15) is 5.67 Å². The third-order valence-corrected chi connectivity index (χ3v) is 6.54. The highest BCUT2D eigenvalue weighted by atomic mass is 19.1. The van der Waals surface area contributed by atoms with Gasteiger partial charge in [-0.3, -0.25) is 0 Å². The molecule has 2 N–H and O–H groups in total. The van der Waals surface area contributed by atoms with Gasteiger partial charge in [0.05, 0.1) is 0 Å². The van der Waals surface area contributed by atoms with E-state index >= 15 is 0 Å². The van der Waals surface area contributed by atoms with Crippen LogP contribution in [-0.4, -0.2) is 37.3 Å². The summed E-state index contributed by atoms with van der Waals surface area (Å²) in [5.74, 6) is 0.567. The van der Waals surface area contributed by atoms with Crippen LogP contribution in [-0.2, 0) is 0 Å². The molecule has 162 valence electrons. The van der Waals surface area contributed by atoms with E-state index in [4.69, 9.17) is 0 Å². The summed E-state index contributed by atoms with van der Waals surface area (Å²) >= 11 is 0. The fourth-order valence-corrected chi connectivity index (χ4v) is 4.78. The summed E-state index contributed by atoms with van der Waals surface area (Å²) in [6.07, 6.45) is 17.3. The maximum absolute atomic E-state index is 14.4. The van der Waals surface area contributed by atoms with Gasteiger partial charge in [0.15, 0.2) is 0 Å². The molecule has 28 heavy (non-hydrogen) atoms. The number of rotatable bonds is 8. The van der Waals surface area contributed by atoms with Gasteiger partial charge in [-0.1, -0.05) is 69.9 Å². The van der Waals surface area contributed by atoms with E-state index in [-0.39, 0.29) is 0 Å². The molecule has 0 radical (unpaired) electrons. The van der Waals surface area contributed by atoms with Crippen LogP contribution in [0.15, 0.2) is 35.5 Å². The Kier molecular flexibility index (Phi) is 10.7. The molecule has 2 rings (SSSR count). The molecule has 0 aliphatic heterocycles. The third-order valence-electron chi connectivity index (χ3n) is 6.54.